The Bertz CT molecular complexity index is 720. The third-order valence-electron chi connectivity index (χ3n) is 2.45. The summed E-state index contributed by atoms with van der Waals surface area (Å²) < 4.78 is 66.2. The van der Waals surface area contributed by atoms with Crippen molar-refractivity contribution in [2.24, 2.45) is 0 Å². The van der Waals surface area contributed by atoms with E-state index < -0.39 is 45.2 Å². The molecule has 0 bridgehead atoms. The SMILES string of the molecule is O=c1ccccc(N(F)c2cc(F)c(F)c(F)c2F)c1. The van der Waals surface area contributed by atoms with E-state index in [1.807, 2.05) is 0 Å². The summed E-state index contributed by atoms with van der Waals surface area (Å²) >= 11 is 0. The summed E-state index contributed by atoms with van der Waals surface area (Å²) in [5.41, 5.74) is -2.23. The zero-order chi connectivity index (χ0) is 14.9. The standard InChI is InChI=1S/C13H6F5NO/c14-9-6-10(12(16)13(17)11(9)15)19(18)7-3-1-2-4-8(20)5-7/h1-6H. The number of anilines is 2. The summed E-state index contributed by atoms with van der Waals surface area (Å²) in [6, 6.07) is 5.72. The molecule has 0 amide bonds. The van der Waals surface area contributed by atoms with Gasteiger partial charge < -0.3 is 0 Å². The van der Waals surface area contributed by atoms with Gasteiger partial charge in [-0.05, 0) is 12.1 Å². The van der Waals surface area contributed by atoms with Gasteiger partial charge in [-0.1, -0.05) is 16.6 Å². The molecule has 7 heteroatoms. The Hall–Kier alpha value is -2.44. The minimum absolute atomic E-state index is 0.158. The quantitative estimate of drug-likeness (QED) is 0.364. The highest BCUT2D eigenvalue weighted by atomic mass is 19.2. The van der Waals surface area contributed by atoms with Crippen LogP contribution in [0.1, 0.15) is 0 Å². The topological polar surface area (TPSA) is 20.3 Å². The molecule has 0 radical (unpaired) electrons. The number of hydrogen-bond acceptors (Lipinski definition) is 2. The summed E-state index contributed by atoms with van der Waals surface area (Å²) in [5, 5.41) is -0.442. The molecule has 2 aromatic carbocycles. The first-order valence-corrected chi connectivity index (χ1v) is 5.31. The monoisotopic (exact) mass is 287 g/mol. The van der Waals surface area contributed by atoms with Crippen LogP contribution in [0, 0.1) is 23.3 Å². The van der Waals surface area contributed by atoms with Crippen LogP contribution in [-0.2, 0) is 0 Å². The molecule has 0 unspecified atom stereocenters. The number of nitrogens with zero attached hydrogens (tertiary/aromatic N) is 1. The molecule has 0 atom stereocenters. The van der Waals surface area contributed by atoms with Gasteiger partial charge in [0, 0.05) is 12.1 Å². The fourth-order valence-electron chi connectivity index (χ4n) is 1.51. The highest BCUT2D eigenvalue weighted by Gasteiger charge is 2.23. The van der Waals surface area contributed by atoms with Crippen molar-refractivity contribution in [3.8, 4) is 0 Å². The van der Waals surface area contributed by atoms with Crippen LogP contribution in [0.5, 0.6) is 0 Å². The highest BCUT2D eigenvalue weighted by molar-refractivity contribution is 5.60. The van der Waals surface area contributed by atoms with Gasteiger partial charge in [0.2, 0.25) is 0 Å². The van der Waals surface area contributed by atoms with Crippen molar-refractivity contribution in [2.45, 2.75) is 0 Å². The molecule has 0 saturated heterocycles. The summed E-state index contributed by atoms with van der Waals surface area (Å²) in [5.74, 6) is -7.82. The summed E-state index contributed by atoms with van der Waals surface area (Å²) in [6.45, 7) is 0. The Morgan fingerprint density at radius 2 is 1.50 bits per heavy atom. The first kappa shape index (κ1) is 14.0. The lowest BCUT2D eigenvalue weighted by Gasteiger charge is -2.14. The zero-order valence-corrected chi connectivity index (χ0v) is 9.71. The largest absolute Gasteiger partial charge is 0.290 e. The van der Waals surface area contributed by atoms with E-state index >= 15 is 0 Å². The second-order valence-corrected chi connectivity index (χ2v) is 3.79. The molecule has 0 aromatic heterocycles. The Labute approximate surface area is 109 Å². The highest BCUT2D eigenvalue weighted by Crippen LogP contribution is 2.31. The predicted octanol–water partition coefficient (Wildman–Crippen LogP) is 3.63. The van der Waals surface area contributed by atoms with E-state index in [0.29, 0.717) is 0 Å². The summed E-state index contributed by atoms with van der Waals surface area (Å²) in [4.78, 5) is 11.2. The average molecular weight is 287 g/mol. The van der Waals surface area contributed by atoms with Gasteiger partial charge >= 0.3 is 0 Å². The molecule has 0 saturated carbocycles. The maximum Gasteiger partial charge on any atom is 0.199 e. The van der Waals surface area contributed by atoms with Gasteiger partial charge in [-0.2, -0.15) is 5.12 Å². The number of benzene rings is 1. The van der Waals surface area contributed by atoms with Crippen molar-refractivity contribution in [1.82, 2.24) is 0 Å². The molecule has 2 aromatic rings. The predicted molar refractivity (Wildman–Crippen MR) is 62.2 cm³/mol. The van der Waals surface area contributed by atoms with Crippen molar-refractivity contribution in [3.63, 3.8) is 0 Å². The van der Waals surface area contributed by atoms with E-state index in [2.05, 4.69) is 0 Å². The minimum atomic E-state index is -2.13. The third-order valence-corrected chi connectivity index (χ3v) is 2.45. The van der Waals surface area contributed by atoms with Gasteiger partial charge in [0.25, 0.3) is 0 Å². The van der Waals surface area contributed by atoms with Crippen molar-refractivity contribution in [1.29, 1.82) is 0 Å². The Kier molecular flexibility index (Phi) is 3.69. The van der Waals surface area contributed by atoms with Crippen LogP contribution in [0.2, 0.25) is 0 Å². The molecule has 2 rings (SSSR count). The van der Waals surface area contributed by atoms with Crippen molar-refractivity contribution >= 4 is 11.4 Å². The van der Waals surface area contributed by atoms with Crippen LogP contribution in [0.3, 0.4) is 0 Å². The Balaban J connectivity index is 2.60. The van der Waals surface area contributed by atoms with E-state index in [0.717, 1.165) is 18.2 Å². The third kappa shape index (κ3) is 2.47. The van der Waals surface area contributed by atoms with Crippen LogP contribution in [0.4, 0.5) is 33.4 Å². The molecule has 2 nitrogen and oxygen atoms in total. The minimum Gasteiger partial charge on any atom is -0.290 e. The van der Waals surface area contributed by atoms with Gasteiger partial charge in [0.05, 0.1) is 5.69 Å². The molecule has 0 aliphatic carbocycles. The van der Waals surface area contributed by atoms with Crippen molar-refractivity contribution in [2.75, 3.05) is 5.12 Å². The summed E-state index contributed by atoms with van der Waals surface area (Å²) in [7, 11) is 0. The average Bonchev–Trinajstić information content (AvgIpc) is 2.64. The van der Waals surface area contributed by atoms with E-state index in [9.17, 15) is 26.8 Å². The molecule has 0 spiro atoms. The van der Waals surface area contributed by atoms with E-state index in [1.54, 1.807) is 0 Å². The van der Waals surface area contributed by atoms with E-state index in [1.165, 1.54) is 12.1 Å². The Morgan fingerprint density at radius 3 is 2.20 bits per heavy atom. The molecule has 0 aliphatic heterocycles. The normalized spacial score (nSPS) is 10.4. The van der Waals surface area contributed by atoms with Crippen LogP contribution in [-0.4, -0.2) is 0 Å². The van der Waals surface area contributed by atoms with Gasteiger partial charge in [0.1, 0.15) is 5.69 Å². The number of hydrogen-bond donors (Lipinski definition) is 0. The second-order valence-electron chi connectivity index (χ2n) is 3.79. The lowest BCUT2D eigenvalue weighted by atomic mass is 10.2. The van der Waals surface area contributed by atoms with Gasteiger partial charge in [-0.3, -0.25) is 4.79 Å². The maximum atomic E-state index is 14.0. The zero-order valence-electron chi connectivity index (χ0n) is 9.71. The summed E-state index contributed by atoms with van der Waals surface area (Å²) in [6.07, 6.45) is 0. The molecule has 0 aliphatic rings. The molecule has 20 heavy (non-hydrogen) atoms. The van der Waals surface area contributed by atoms with Gasteiger partial charge in [-0.25, -0.2) is 17.6 Å². The second kappa shape index (κ2) is 5.28. The van der Waals surface area contributed by atoms with Crippen molar-refractivity contribution < 1.29 is 22.0 Å². The number of rotatable bonds is 2. The van der Waals surface area contributed by atoms with Crippen LogP contribution < -0.4 is 10.6 Å². The molecular formula is C13H6F5NO. The van der Waals surface area contributed by atoms with Crippen molar-refractivity contribution in [3.05, 3.63) is 69.9 Å². The molecule has 0 heterocycles. The first-order valence-electron chi connectivity index (χ1n) is 5.31. The van der Waals surface area contributed by atoms with Gasteiger partial charge in [-0.15, -0.1) is 0 Å². The fraction of sp³-hybridized carbons (Fsp3) is 0. The molecule has 0 N–H and O–H groups in total. The number of halogens is 5. The molecular weight excluding hydrogens is 281 g/mol. The van der Waals surface area contributed by atoms with Crippen LogP contribution in [0.25, 0.3) is 0 Å². The van der Waals surface area contributed by atoms with E-state index in [-0.39, 0.29) is 6.07 Å². The van der Waals surface area contributed by atoms with E-state index in [4.69, 9.17) is 0 Å². The fourth-order valence-corrected chi connectivity index (χ4v) is 1.51. The van der Waals surface area contributed by atoms with Crippen LogP contribution >= 0.6 is 0 Å². The first-order chi connectivity index (χ1) is 9.41. The lowest BCUT2D eigenvalue weighted by molar-refractivity contribution is 0.400. The van der Waals surface area contributed by atoms with Crippen LogP contribution in [0.15, 0.2) is 41.2 Å². The van der Waals surface area contributed by atoms with Gasteiger partial charge in [0.15, 0.2) is 28.7 Å². The molecule has 104 valence electrons. The Morgan fingerprint density at radius 1 is 0.850 bits per heavy atom. The smallest absolute Gasteiger partial charge is 0.199 e. The maximum absolute atomic E-state index is 14.0. The lowest BCUT2D eigenvalue weighted by Crippen LogP contribution is -2.10. The molecule has 0 fully saturated rings.